The minimum atomic E-state index is 0.308. The van der Waals surface area contributed by atoms with Crippen molar-refractivity contribution >= 4 is 0 Å². The summed E-state index contributed by atoms with van der Waals surface area (Å²) in [5.41, 5.74) is 8.92. The molecule has 1 nitrogen and oxygen atoms in total. The summed E-state index contributed by atoms with van der Waals surface area (Å²) in [6, 6.07) is 9.17. The van der Waals surface area contributed by atoms with E-state index in [4.69, 9.17) is 5.73 Å². The standard InChI is InChI=1S/C15H25N/c1-4-12(3)10-15(16)11-14-8-6-13(5-2)7-9-14/h6-9,12,15H,4-5,10-11,16H2,1-3H3. The Bertz CT molecular complexity index is 289. The predicted molar refractivity (Wildman–Crippen MR) is 71.6 cm³/mol. The van der Waals surface area contributed by atoms with Gasteiger partial charge in [0.1, 0.15) is 0 Å². The third-order valence-corrected chi connectivity index (χ3v) is 3.33. The van der Waals surface area contributed by atoms with E-state index >= 15 is 0 Å². The summed E-state index contributed by atoms with van der Waals surface area (Å²) in [5, 5.41) is 0. The number of hydrogen-bond acceptors (Lipinski definition) is 1. The Morgan fingerprint density at radius 1 is 1.06 bits per heavy atom. The zero-order valence-corrected chi connectivity index (χ0v) is 10.9. The molecular formula is C15H25N. The summed E-state index contributed by atoms with van der Waals surface area (Å²) in [4.78, 5) is 0. The number of hydrogen-bond donors (Lipinski definition) is 1. The Labute approximate surface area is 100 Å². The molecule has 2 unspecified atom stereocenters. The molecule has 16 heavy (non-hydrogen) atoms. The molecule has 1 aromatic carbocycles. The normalized spacial score (nSPS) is 14.8. The highest BCUT2D eigenvalue weighted by atomic mass is 14.6. The third kappa shape index (κ3) is 4.36. The van der Waals surface area contributed by atoms with E-state index in [1.54, 1.807) is 0 Å². The van der Waals surface area contributed by atoms with Gasteiger partial charge in [-0.15, -0.1) is 0 Å². The van der Waals surface area contributed by atoms with Crippen molar-refractivity contribution in [2.75, 3.05) is 0 Å². The van der Waals surface area contributed by atoms with Gasteiger partial charge < -0.3 is 5.73 Å². The monoisotopic (exact) mass is 219 g/mol. The van der Waals surface area contributed by atoms with Crippen molar-refractivity contribution in [3.63, 3.8) is 0 Å². The van der Waals surface area contributed by atoms with Crippen LogP contribution in [0.25, 0.3) is 0 Å². The van der Waals surface area contributed by atoms with Crippen LogP contribution in [0.5, 0.6) is 0 Å². The molecule has 0 saturated heterocycles. The summed E-state index contributed by atoms with van der Waals surface area (Å²) < 4.78 is 0. The van der Waals surface area contributed by atoms with E-state index in [1.165, 1.54) is 17.5 Å². The molecular weight excluding hydrogens is 194 g/mol. The SMILES string of the molecule is CCc1ccc(CC(N)CC(C)CC)cc1. The van der Waals surface area contributed by atoms with Gasteiger partial charge in [0.15, 0.2) is 0 Å². The Balaban J connectivity index is 2.46. The van der Waals surface area contributed by atoms with Gasteiger partial charge in [0.05, 0.1) is 0 Å². The van der Waals surface area contributed by atoms with Crippen molar-refractivity contribution < 1.29 is 0 Å². The quantitative estimate of drug-likeness (QED) is 0.778. The molecule has 0 spiro atoms. The molecule has 0 saturated carbocycles. The molecule has 2 N–H and O–H groups in total. The highest BCUT2D eigenvalue weighted by molar-refractivity contribution is 5.23. The number of rotatable bonds is 6. The van der Waals surface area contributed by atoms with Gasteiger partial charge in [-0.25, -0.2) is 0 Å². The van der Waals surface area contributed by atoms with Crippen molar-refractivity contribution in [3.8, 4) is 0 Å². The van der Waals surface area contributed by atoms with Crippen molar-refractivity contribution in [3.05, 3.63) is 35.4 Å². The maximum absolute atomic E-state index is 6.15. The molecule has 0 amide bonds. The molecule has 1 rings (SSSR count). The van der Waals surface area contributed by atoms with E-state index in [0.29, 0.717) is 6.04 Å². The van der Waals surface area contributed by atoms with Crippen molar-refractivity contribution in [1.82, 2.24) is 0 Å². The maximum atomic E-state index is 6.15. The van der Waals surface area contributed by atoms with Gasteiger partial charge in [-0.2, -0.15) is 0 Å². The van der Waals surface area contributed by atoms with E-state index in [0.717, 1.165) is 25.2 Å². The van der Waals surface area contributed by atoms with E-state index in [2.05, 4.69) is 45.0 Å². The first-order valence-corrected chi connectivity index (χ1v) is 6.49. The highest BCUT2D eigenvalue weighted by Crippen LogP contribution is 2.13. The van der Waals surface area contributed by atoms with Crippen LogP contribution < -0.4 is 5.73 Å². The van der Waals surface area contributed by atoms with Crippen LogP contribution in [0.3, 0.4) is 0 Å². The number of nitrogens with two attached hydrogens (primary N) is 1. The van der Waals surface area contributed by atoms with Crippen LogP contribution >= 0.6 is 0 Å². The lowest BCUT2D eigenvalue weighted by molar-refractivity contribution is 0.450. The first-order chi connectivity index (χ1) is 7.65. The number of aryl methyl sites for hydroxylation is 1. The van der Waals surface area contributed by atoms with Gasteiger partial charge in [0.2, 0.25) is 0 Å². The van der Waals surface area contributed by atoms with Crippen LogP contribution in [-0.4, -0.2) is 6.04 Å². The molecule has 0 radical (unpaired) electrons. The van der Waals surface area contributed by atoms with Gasteiger partial charge in [0, 0.05) is 6.04 Å². The largest absolute Gasteiger partial charge is 0.327 e. The fraction of sp³-hybridized carbons (Fsp3) is 0.600. The summed E-state index contributed by atoms with van der Waals surface area (Å²) in [6.45, 7) is 6.69. The molecule has 0 fully saturated rings. The Morgan fingerprint density at radius 3 is 2.12 bits per heavy atom. The lowest BCUT2D eigenvalue weighted by Gasteiger charge is -2.16. The molecule has 1 aromatic rings. The lowest BCUT2D eigenvalue weighted by Crippen LogP contribution is -2.25. The van der Waals surface area contributed by atoms with Crippen molar-refractivity contribution in [2.45, 2.75) is 52.5 Å². The summed E-state index contributed by atoms with van der Waals surface area (Å²) in [7, 11) is 0. The average Bonchev–Trinajstić information content (AvgIpc) is 2.29. The van der Waals surface area contributed by atoms with Crippen LogP contribution in [-0.2, 0) is 12.8 Å². The van der Waals surface area contributed by atoms with Gasteiger partial charge in [-0.1, -0.05) is 51.5 Å². The molecule has 90 valence electrons. The summed E-state index contributed by atoms with van der Waals surface area (Å²) in [5.74, 6) is 0.741. The van der Waals surface area contributed by atoms with Crippen molar-refractivity contribution in [2.24, 2.45) is 11.7 Å². The second-order valence-electron chi connectivity index (χ2n) is 4.88. The minimum absolute atomic E-state index is 0.308. The summed E-state index contributed by atoms with van der Waals surface area (Å²) >= 11 is 0. The van der Waals surface area contributed by atoms with E-state index in [-0.39, 0.29) is 0 Å². The van der Waals surface area contributed by atoms with E-state index in [1.807, 2.05) is 0 Å². The van der Waals surface area contributed by atoms with Gasteiger partial charge in [-0.3, -0.25) is 0 Å². The van der Waals surface area contributed by atoms with E-state index < -0.39 is 0 Å². The molecule has 2 atom stereocenters. The zero-order valence-electron chi connectivity index (χ0n) is 10.9. The van der Waals surface area contributed by atoms with Crippen LogP contribution in [0.15, 0.2) is 24.3 Å². The predicted octanol–water partition coefficient (Wildman–Crippen LogP) is 3.56. The highest BCUT2D eigenvalue weighted by Gasteiger charge is 2.08. The zero-order chi connectivity index (χ0) is 12.0. The Morgan fingerprint density at radius 2 is 1.62 bits per heavy atom. The maximum Gasteiger partial charge on any atom is 0.00818 e. The topological polar surface area (TPSA) is 26.0 Å². The lowest BCUT2D eigenvalue weighted by atomic mass is 9.95. The summed E-state index contributed by atoms with van der Waals surface area (Å²) in [6.07, 6.45) is 4.47. The van der Waals surface area contributed by atoms with Crippen LogP contribution in [0.1, 0.15) is 44.7 Å². The minimum Gasteiger partial charge on any atom is -0.327 e. The van der Waals surface area contributed by atoms with Crippen LogP contribution in [0, 0.1) is 5.92 Å². The first-order valence-electron chi connectivity index (χ1n) is 6.49. The smallest absolute Gasteiger partial charge is 0.00818 e. The third-order valence-electron chi connectivity index (χ3n) is 3.33. The van der Waals surface area contributed by atoms with Gasteiger partial charge in [0.25, 0.3) is 0 Å². The van der Waals surface area contributed by atoms with E-state index in [9.17, 15) is 0 Å². The molecule has 0 aliphatic rings. The molecule has 0 aliphatic heterocycles. The molecule has 1 heteroatoms. The average molecular weight is 219 g/mol. The first kappa shape index (κ1) is 13.2. The fourth-order valence-corrected chi connectivity index (χ4v) is 1.98. The van der Waals surface area contributed by atoms with Crippen molar-refractivity contribution in [1.29, 1.82) is 0 Å². The molecule has 0 heterocycles. The molecule has 0 aliphatic carbocycles. The molecule has 0 aromatic heterocycles. The van der Waals surface area contributed by atoms with Crippen LogP contribution in [0.2, 0.25) is 0 Å². The van der Waals surface area contributed by atoms with Gasteiger partial charge in [-0.05, 0) is 36.3 Å². The van der Waals surface area contributed by atoms with Crippen LogP contribution in [0.4, 0.5) is 0 Å². The Kier molecular flexibility index (Phi) is 5.54. The number of benzene rings is 1. The second kappa shape index (κ2) is 6.70. The Hall–Kier alpha value is -0.820. The second-order valence-corrected chi connectivity index (χ2v) is 4.88. The van der Waals surface area contributed by atoms with Gasteiger partial charge >= 0.3 is 0 Å². The molecule has 0 bridgehead atoms. The fourth-order valence-electron chi connectivity index (χ4n) is 1.98.